The van der Waals surface area contributed by atoms with Gasteiger partial charge in [-0.05, 0) is 18.9 Å². The van der Waals surface area contributed by atoms with Crippen molar-refractivity contribution in [3.8, 4) is 0 Å². The Morgan fingerprint density at radius 2 is 1.68 bits per heavy atom. The number of cyclic esters (lactones) is 2. The van der Waals surface area contributed by atoms with E-state index in [1.165, 1.54) is 44.9 Å². The van der Waals surface area contributed by atoms with Crippen LogP contribution in [-0.4, -0.2) is 11.9 Å². The fraction of sp³-hybridized carbons (Fsp3) is 0.688. The number of hydrogen-bond donors (Lipinski definition) is 0. The molecule has 0 saturated carbocycles. The third-order valence-corrected chi connectivity index (χ3v) is 3.25. The second-order valence-corrected chi connectivity index (χ2v) is 5.03. The van der Waals surface area contributed by atoms with E-state index in [2.05, 4.69) is 17.4 Å². The second kappa shape index (κ2) is 9.57. The van der Waals surface area contributed by atoms with E-state index in [0.29, 0.717) is 5.57 Å². The average Bonchev–Trinajstić information content (AvgIpc) is 2.70. The molecule has 0 aromatic carbocycles. The SMILES string of the molecule is CCCCCCCCCCC=C=C1CC(=O)OC1=O. The summed E-state index contributed by atoms with van der Waals surface area (Å²) in [6.45, 7) is 2.23. The number of rotatable bonds is 9. The lowest BCUT2D eigenvalue weighted by Gasteiger charge is -1.99. The molecule has 0 bridgehead atoms. The first-order valence-electron chi connectivity index (χ1n) is 7.43. The Kier molecular flexibility index (Phi) is 7.92. The lowest BCUT2D eigenvalue weighted by molar-refractivity contribution is -0.151. The molecule has 0 atom stereocenters. The summed E-state index contributed by atoms with van der Waals surface area (Å²) >= 11 is 0. The van der Waals surface area contributed by atoms with E-state index >= 15 is 0 Å². The van der Waals surface area contributed by atoms with Gasteiger partial charge in [0.05, 0.1) is 12.0 Å². The van der Waals surface area contributed by atoms with Crippen molar-refractivity contribution in [1.29, 1.82) is 0 Å². The van der Waals surface area contributed by atoms with Crippen molar-refractivity contribution >= 4 is 11.9 Å². The van der Waals surface area contributed by atoms with Crippen molar-refractivity contribution < 1.29 is 14.3 Å². The van der Waals surface area contributed by atoms with Gasteiger partial charge < -0.3 is 4.74 Å². The van der Waals surface area contributed by atoms with Crippen LogP contribution in [0.3, 0.4) is 0 Å². The van der Waals surface area contributed by atoms with Gasteiger partial charge in [-0.15, -0.1) is 5.73 Å². The average molecular weight is 264 g/mol. The zero-order chi connectivity index (χ0) is 13.9. The third-order valence-electron chi connectivity index (χ3n) is 3.25. The molecule has 0 aromatic heterocycles. The normalized spacial score (nSPS) is 14.5. The van der Waals surface area contributed by atoms with Gasteiger partial charge in [-0.1, -0.05) is 51.9 Å². The summed E-state index contributed by atoms with van der Waals surface area (Å²) in [6.07, 6.45) is 13.2. The van der Waals surface area contributed by atoms with Crippen LogP contribution in [0.1, 0.15) is 71.1 Å². The maximum Gasteiger partial charge on any atom is 0.350 e. The minimum Gasteiger partial charge on any atom is -0.389 e. The summed E-state index contributed by atoms with van der Waals surface area (Å²) in [7, 11) is 0. The number of carbonyl (C=O) groups excluding carboxylic acids is 2. The second-order valence-electron chi connectivity index (χ2n) is 5.03. The maximum atomic E-state index is 11.1. The zero-order valence-corrected chi connectivity index (χ0v) is 11.9. The minimum atomic E-state index is -0.530. The van der Waals surface area contributed by atoms with Gasteiger partial charge in [0.25, 0.3) is 0 Å². The largest absolute Gasteiger partial charge is 0.389 e. The molecule has 0 aromatic rings. The molecule has 0 amide bonds. The zero-order valence-electron chi connectivity index (χ0n) is 11.9. The monoisotopic (exact) mass is 264 g/mol. The molecule has 0 unspecified atom stereocenters. The molecule has 1 fully saturated rings. The van der Waals surface area contributed by atoms with Gasteiger partial charge in [0.2, 0.25) is 0 Å². The van der Waals surface area contributed by atoms with Crippen LogP contribution in [0.5, 0.6) is 0 Å². The molecule has 0 N–H and O–H groups in total. The van der Waals surface area contributed by atoms with Gasteiger partial charge in [-0.3, -0.25) is 4.79 Å². The van der Waals surface area contributed by atoms with Crippen LogP contribution in [0.4, 0.5) is 0 Å². The van der Waals surface area contributed by atoms with Crippen LogP contribution in [0.2, 0.25) is 0 Å². The van der Waals surface area contributed by atoms with E-state index in [0.717, 1.165) is 12.8 Å². The molecule has 1 rings (SSSR count). The van der Waals surface area contributed by atoms with Crippen molar-refractivity contribution in [3.63, 3.8) is 0 Å². The highest BCUT2D eigenvalue weighted by molar-refractivity contribution is 6.05. The summed E-state index contributed by atoms with van der Waals surface area (Å²) in [5.74, 6) is -0.995. The summed E-state index contributed by atoms with van der Waals surface area (Å²) in [6, 6.07) is 0. The van der Waals surface area contributed by atoms with Crippen LogP contribution < -0.4 is 0 Å². The van der Waals surface area contributed by atoms with Crippen molar-refractivity contribution in [3.05, 3.63) is 17.4 Å². The topological polar surface area (TPSA) is 43.4 Å². The molecule has 1 saturated heterocycles. The van der Waals surface area contributed by atoms with Gasteiger partial charge >= 0.3 is 11.9 Å². The fourth-order valence-electron chi connectivity index (χ4n) is 2.10. The van der Waals surface area contributed by atoms with Crippen molar-refractivity contribution in [2.24, 2.45) is 0 Å². The molecule has 1 heterocycles. The highest BCUT2D eigenvalue weighted by Crippen LogP contribution is 2.13. The number of esters is 2. The molecule has 0 radical (unpaired) electrons. The lowest BCUT2D eigenvalue weighted by atomic mass is 10.1. The van der Waals surface area contributed by atoms with Crippen molar-refractivity contribution in [1.82, 2.24) is 0 Å². The van der Waals surface area contributed by atoms with Gasteiger partial charge in [0.1, 0.15) is 0 Å². The molecule has 19 heavy (non-hydrogen) atoms. The Morgan fingerprint density at radius 3 is 2.26 bits per heavy atom. The van der Waals surface area contributed by atoms with Crippen LogP contribution in [0, 0.1) is 0 Å². The van der Waals surface area contributed by atoms with Crippen molar-refractivity contribution in [2.75, 3.05) is 0 Å². The Balaban J connectivity index is 2.03. The highest BCUT2D eigenvalue weighted by atomic mass is 16.6. The Bertz CT molecular complexity index is 362. The van der Waals surface area contributed by atoms with E-state index < -0.39 is 11.9 Å². The Labute approximate surface area is 115 Å². The molecule has 106 valence electrons. The molecule has 3 nitrogen and oxygen atoms in total. The molecule has 1 aliphatic rings. The number of carbonyl (C=O) groups is 2. The first-order valence-corrected chi connectivity index (χ1v) is 7.43. The van der Waals surface area contributed by atoms with E-state index in [1.54, 1.807) is 0 Å². The predicted molar refractivity (Wildman–Crippen MR) is 74.5 cm³/mol. The quantitative estimate of drug-likeness (QED) is 0.207. The predicted octanol–water partition coefficient (Wildman–Crippen LogP) is 4.07. The van der Waals surface area contributed by atoms with Gasteiger partial charge in [-0.2, -0.15) is 0 Å². The van der Waals surface area contributed by atoms with Gasteiger partial charge in [0, 0.05) is 0 Å². The smallest absolute Gasteiger partial charge is 0.350 e. The number of hydrogen-bond acceptors (Lipinski definition) is 3. The lowest BCUT2D eigenvalue weighted by Crippen LogP contribution is -1.96. The molecular weight excluding hydrogens is 240 g/mol. The van der Waals surface area contributed by atoms with Crippen LogP contribution >= 0.6 is 0 Å². The molecular formula is C16H24O3. The third kappa shape index (κ3) is 6.97. The standard InChI is InChI=1S/C16H24O3/c1-2-3-4-5-6-7-8-9-10-11-12-14-13-15(17)19-16(14)18/h11H,2-10,13H2,1H3. The van der Waals surface area contributed by atoms with Crippen LogP contribution in [0.15, 0.2) is 17.4 Å². The van der Waals surface area contributed by atoms with Crippen LogP contribution in [0.25, 0.3) is 0 Å². The first kappa shape index (κ1) is 15.7. The highest BCUT2D eigenvalue weighted by Gasteiger charge is 2.26. The first-order chi connectivity index (χ1) is 9.24. The van der Waals surface area contributed by atoms with Gasteiger partial charge in [-0.25, -0.2) is 4.79 Å². The summed E-state index contributed by atoms with van der Waals surface area (Å²) in [4.78, 5) is 21.9. The Hall–Kier alpha value is -1.34. The maximum absolute atomic E-state index is 11.1. The van der Waals surface area contributed by atoms with E-state index in [1.807, 2.05) is 6.08 Å². The molecule has 0 spiro atoms. The summed E-state index contributed by atoms with van der Waals surface area (Å²) in [5.41, 5.74) is 3.24. The van der Waals surface area contributed by atoms with Gasteiger partial charge in [0.15, 0.2) is 0 Å². The van der Waals surface area contributed by atoms with E-state index in [9.17, 15) is 9.59 Å². The summed E-state index contributed by atoms with van der Waals surface area (Å²) < 4.78 is 4.42. The van der Waals surface area contributed by atoms with E-state index in [4.69, 9.17) is 0 Å². The van der Waals surface area contributed by atoms with E-state index in [-0.39, 0.29) is 6.42 Å². The molecule has 0 aliphatic carbocycles. The fourth-order valence-corrected chi connectivity index (χ4v) is 2.10. The molecule has 1 aliphatic heterocycles. The Morgan fingerprint density at radius 1 is 1.05 bits per heavy atom. The number of unbranched alkanes of at least 4 members (excludes halogenated alkanes) is 8. The minimum absolute atomic E-state index is 0.0762. The molecule has 3 heteroatoms. The van der Waals surface area contributed by atoms with Crippen LogP contribution in [-0.2, 0) is 14.3 Å². The summed E-state index contributed by atoms with van der Waals surface area (Å²) in [5, 5.41) is 0. The number of ether oxygens (including phenoxy) is 1. The van der Waals surface area contributed by atoms with Crippen molar-refractivity contribution in [2.45, 2.75) is 71.1 Å².